The second-order valence-corrected chi connectivity index (χ2v) is 5.90. The van der Waals surface area contributed by atoms with E-state index in [1.807, 2.05) is 37.3 Å². The first-order valence-electron chi connectivity index (χ1n) is 8.05. The summed E-state index contributed by atoms with van der Waals surface area (Å²) in [5.74, 6) is 1.13. The van der Waals surface area contributed by atoms with Crippen LogP contribution in [0, 0.1) is 6.92 Å². The summed E-state index contributed by atoms with van der Waals surface area (Å²) >= 11 is 0. The molecule has 1 fully saturated rings. The molecular weight excluding hydrogens is 302 g/mol. The highest BCUT2D eigenvalue weighted by Crippen LogP contribution is 2.29. The smallest absolute Gasteiger partial charge is 0.228 e. The fourth-order valence-electron chi connectivity index (χ4n) is 2.98. The maximum atomic E-state index is 6.05. The third kappa shape index (κ3) is 2.76. The van der Waals surface area contributed by atoms with Crippen LogP contribution in [0.15, 0.2) is 36.4 Å². The van der Waals surface area contributed by atoms with Gasteiger partial charge >= 0.3 is 0 Å². The molecule has 6 heteroatoms. The minimum absolute atomic E-state index is 0.471. The molecule has 6 nitrogen and oxygen atoms in total. The molecule has 122 valence electrons. The SMILES string of the molecule is Cc1ccc2c(-c3cc(N)nc(N4CCOCC4)n3)cccc2n1. The molecule has 1 saturated heterocycles. The number of fused-ring (bicyclic) bond motifs is 1. The number of rotatable bonds is 2. The number of hydrogen-bond donors (Lipinski definition) is 1. The monoisotopic (exact) mass is 321 g/mol. The summed E-state index contributed by atoms with van der Waals surface area (Å²) in [6, 6.07) is 12.0. The van der Waals surface area contributed by atoms with Crippen LogP contribution in [0.2, 0.25) is 0 Å². The number of aryl methyl sites for hydroxylation is 1. The zero-order valence-electron chi connectivity index (χ0n) is 13.6. The second kappa shape index (κ2) is 6.05. The summed E-state index contributed by atoms with van der Waals surface area (Å²) in [6.45, 7) is 4.92. The Labute approximate surface area is 140 Å². The van der Waals surface area contributed by atoms with E-state index in [0.717, 1.165) is 40.9 Å². The van der Waals surface area contributed by atoms with E-state index in [-0.39, 0.29) is 0 Å². The third-order valence-electron chi connectivity index (χ3n) is 4.18. The highest BCUT2D eigenvalue weighted by Gasteiger charge is 2.16. The molecular formula is C18H19N5O. The summed E-state index contributed by atoms with van der Waals surface area (Å²) in [4.78, 5) is 15.9. The van der Waals surface area contributed by atoms with Gasteiger partial charge in [-0.2, -0.15) is 4.98 Å². The molecule has 0 spiro atoms. The summed E-state index contributed by atoms with van der Waals surface area (Å²) in [5, 5.41) is 1.06. The number of pyridine rings is 1. The molecule has 1 aliphatic heterocycles. The van der Waals surface area contributed by atoms with E-state index >= 15 is 0 Å². The van der Waals surface area contributed by atoms with Crippen molar-refractivity contribution in [2.75, 3.05) is 36.9 Å². The second-order valence-electron chi connectivity index (χ2n) is 5.90. The van der Waals surface area contributed by atoms with E-state index in [2.05, 4.69) is 20.9 Å². The molecule has 3 heterocycles. The average Bonchev–Trinajstić information content (AvgIpc) is 2.61. The Morgan fingerprint density at radius 2 is 1.88 bits per heavy atom. The maximum absolute atomic E-state index is 6.05. The van der Waals surface area contributed by atoms with Gasteiger partial charge in [0.05, 0.1) is 24.4 Å². The van der Waals surface area contributed by atoms with Crippen molar-refractivity contribution in [3.8, 4) is 11.3 Å². The van der Waals surface area contributed by atoms with E-state index in [0.29, 0.717) is 25.0 Å². The van der Waals surface area contributed by atoms with Crippen molar-refractivity contribution in [3.05, 3.63) is 42.1 Å². The molecule has 0 saturated carbocycles. The Kier molecular flexibility index (Phi) is 3.74. The zero-order chi connectivity index (χ0) is 16.5. The van der Waals surface area contributed by atoms with Crippen LogP contribution in [0.3, 0.4) is 0 Å². The number of hydrogen-bond acceptors (Lipinski definition) is 6. The van der Waals surface area contributed by atoms with Gasteiger partial charge < -0.3 is 15.4 Å². The van der Waals surface area contributed by atoms with Gasteiger partial charge in [0.25, 0.3) is 0 Å². The molecule has 0 radical (unpaired) electrons. The highest BCUT2D eigenvalue weighted by atomic mass is 16.5. The van der Waals surface area contributed by atoms with Gasteiger partial charge in [0, 0.05) is 35.8 Å². The zero-order valence-corrected chi connectivity index (χ0v) is 13.6. The van der Waals surface area contributed by atoms with Crippen molar-refractivity contribution in [1.29, 1.82) is 0 Å². The van der Waals surface area contributed by atoms with Crippen molar-refractivity contribution in [2.24, 2.45) is 0 Å². The summed E-state index contributed by atoms with van der Waals surface area (Å²) in [5.41, 5.74) is 9.84. The number of nitrogens with two attached hydrogens (primary N) is 1. The number of anilines is 2. The van der Waals surface area contributed by atoms with Crippen LogP contribution < -0.4 is 10.6 Å². The van der Waals surface area contributed by atoms with Crippen LogP contribution in [0.5, 0.6) is 0 Å². The van der Waals surface area contributed by atoms with Crippen molar-refractivity contribution in [1.82, 2.24) is 15.0 Å². The molecule has 1 aromatic carbocycles. The van der Waals surface area contributed by atoms with E-state index in [4.69, 9.17) is 15.5 Å². The Morgan fingerprint density at radius 3 is 2.71 bits per heavy atom. The summed E-state index contributed by atoms with van der Waals surface area (Å²) in [6.07, 6.45) is 0. The van der Waals surface area contributed by atoms with Gasteiger partial charge in [0.2, 0.25) is 5.95 Å². The first-order valence-corrected chi connectivity index (χ1v) is 8.05. The lowest BCUT2D eigenvalue weighted by Gasteiger charge is -2.27. The Hall–Kier alpha value is -2.73. The van der Waals surface area contributed by atoms with Crippen LogP contribution in [0.1, 0.15) is 5.69 Å². The van der Waals surface area contributed by atoms with Gasteiger partial charge in [0.15, 0.2) is 0 Å². The largest absolute Gasteiger partial charge is 0.384 e. The van der Waals surface area contributed by atoms with Crippen molar-refractivity contribution in [3.63, 3.8) is 0 Å². The van der Waals surface area contributed by atoms with Crippen molar-refractivity contribution >= 4 is 22.7 Å². The van der Waals surface area contributed by atoms with Crippen LogP contribution in [-0.4, -0.2) is 41.3 Å². The molecule has 2 N–H and O–H groups in total. The van der Waals surface area contributed by atoms with Gasteiger partial charge in [-0.3, -0.25) is 4.98 Å². The first-order chi connectivity index (χ1) is 11.7. The van der Waals surface area contributed by atoms with Gasteiger partial charge in [-0.1, -0.05) is 18.2 Å². The molecule has 3 aromatic rings. The number of benzene rings is 1. The number of morpholine rings is 1. The van der Waals surface area contributed by atoms with Gasteiger partial charge in [-0.25, -0.2) is 4.98 Å². The maximum Gasteiger partial charge on any atom is 0.228 e. The lowest BCUT2D eigenvalue weighted by molar-refractivity contribution is 0.122. The summed E-state index contributed by atoms with van der Waals surface area (Å²) in [7, 11) is 0. The lowest BCUT2D eigenvalue weighted by atomic mass is 10.0. The minimum atomic E-state index is 0.471. The standard InChI is InChI=1S/C18H19N5O/c1-12-5-6-14-13(3-2-4-15(14)20-12)16-11-17(19)22-18(21-16)23-7-9-24-10-8-23/h2-6,11H,7-10H2,1H3,(H2,19,21,22). The molecule has 2 aromatic heterocycles. The number of nitrogens with zero attached hydrogens (tertiary/aromatic N) is 4. The number of ether oxygens (including phenoxy) is 1. The van der Waals surface area contributed by atoms with Crippen molar-refractivity contribution < 1.29 is 4.74 Å². The van der Waals surface area contributed by atoms with Gasteiger partial charge in [0.1, 0.15) is 5.82 Å². The minimum Gasteiger partial charge on any atom is -0.384 e. The third-order valence-corrected chi connectivity index (χ3v) is 4.18. The quantitative estimate of drug-likeness (QED) is 0.781. The fraction of sp³-hybridized carbons (Fsp3) is 0.278. The Bertz CT molecular complexity index is 890. The summed E-state index contributed by atoms with van der Waals surface area (Å²) < 4.78 is 5.40. The molecule has 4 rings (SSSR count). The lowest BCUT2D eigenvalue weighted by Crippen LogP contribution is -2.37. The highest BCUT2D eigenvalue weighted by molar-refractivity contribution is 5.94. The molecule has 0 atom stereocenters. The van der Waals surface area contributed by atoms with Gasteiger partial charge in [-0.05, 0) is 19.1 Å². The van der Waals surface area contributed by atoms with Crippen LogP contribution >= 0.6 is 0 Å². The number of aromatic nitrogens is 3. The van der Waals surface area contributed by atoms with E-state index in [9.17, 15) is 0 Å². The Morgan fingerprint density at radius 1 is 1.04 bits per heavy atom. The van der Waals surface area contributed by atoms with Crippen LogP contribution in [0.4, 0.5) is 11.8 Å². The molecule has 0 unspecified atom stereocenters. The fourth-order valence-corrected chi connectivity index (χ4v) is 2.98. The molecule has 0 aliphatic carbocycles. The van der Waals surface area contributed by atoms with E-state index in [1.165, 1.54) is 0 Å². The first kappa shape index (κ1) is 14.8. The normalized spacial score (nSPS) is 15.0. The van der Waals surface area contributed by atoms with Crippen LogP contribution in [0.25, 0.3) is 22.2 Å². The van der Waals surface area contributed by atoms with E-state index < -0.39 is 0 Å². The molecule has 0 amide bonds. The van der Waals surface area contributed by atoms with Crippen molar-refractivity contribution in [2.45, 2.75) is 6.92 Å². The predicted octanol–water partition coefficient (Wildman–Crippen LogP) is 2.42. The Balaban J connectivity index is 1.83. The average molecular weight is 321 g/mol. The molecule has 1 aliphatic rings. The van der Waals surface area contributed by atoms with E-state index in [1.54, 1.807) is 0 Å². The van der Waals surface area contributed by atoms with Gasteiger partial charge in [-0.15, -0.1) is 0 Å². The molecule has 0 bridgehead atoms. The van der Waals surface area contributed by atoms with Crippen LogP contribution in [-0.2, 0) is 4.74 Å². The number of nitrogen functional groups attached to an aromatic ring is 1. The molecule has 24 heavy (non-hydrogen) atoms. The predicted molar refractivity (Wildman–Crippen MR) is 95.0 cm³/mol. The topological polar surface area (TPSA) is 77.2 Å².